The molecule has 5 heteroatoms. The zero-order valence-electron chi connectivity index (χ0n) is 13.3. The number of carbonyl (C=O) groups excluding carboxylic acids is 3. The zero-order valence-corrected chi connectivity index (χ0v) is 13.3. The molecule has 1 heterocycles. The second kappa shape index (κ2) is 4.35. The molecule has 5 nitrogen and oxygen atoms in total. The van der Waals surface area contributed by atoms with E-state index in [1.807, 2.05) is 0 Å². The van der Waals surface area contributed by atoms with Gasteiger partial charge in [-0.1, -0.05) is 18.2 Å². The van der Waals surface area contributed by atoms with E-state index < -0.39 is 5.97 Å². The van der Waals surface area contributed by atoms with Crippen LogP contribution in [0.4, 0.5) is 5.69 Å². The number of ether oxygens (including phenoxy) is 1. The van der Waals surface area contributed by atoms with Crippen LogP contribution in [-0.2, 0) is 14.4 Å². The second-order valence-electron chi connectivity index (χ2n) is 7.32. The van der Waals surface area contributed by atoms with E-state index in [-0.39, 0.29) is 40.9 Å². The molecule has 0 aromatic heterocycles. The number of fused-ring (bicyclic) bond motifs is 3. The molecule has 1 aromatic carbocycles. The van der Waals surface area contributed by atoms with Crippen molar-refractivity contribution in [1.82, 2.24) is 0 Å². The van der Waals surface area contributed by atoms with Gasteiger partial charge >= 0.3 is 5.97 Å². The largest absolute Gasteiger partial charge is 0.427 e. The number of nitrogens with zero attached hydrogens (tertiary/aromatic N) is 1. The molecular weight excluding hydrogens is 306 g/mol. The fourth-order valence-corrected chi connectivity index (χ4v) is 5.18. The van der Waals surface area contributed by atoms with Crippen LogP contribution in [-0.4, -0.2) is 17.8 Å². The first kappa shape index (κ1) is 14.0. The minimum absolute atomic E-state index is 0.104. The lowest BCUT2D eigenvalue weighted by atomic mass is 9.85. The minimum atomic E-state index is -0.430. The molecule has 122 valence electrons. The van der Waals surface area contributed by atoms with Gasteiger partial charge in [0, 0.05) is 13.0 Å². The summed E-state index contributed by atoms with van der Waals surface area (Å²) in [5.41, 5.74) is 0.689. The van der Waals surface area contributed by atoms with Gasteiger partial charge in [0.2, 0.25) is 11.8 Å². The Balaban J connectivity index is 1.51. The smallest absolute Gasteiger partial charge is 0.308 e. The summed E-state index contributed by atoms with van der Waals surface area (Å²) < 4.78 is 5.08. The molecule has 2 bridgehead atoms. The lowest BCUT2D eigenvalue weighted by Crippen LogP contribution is -2.34. The van der Waals surface area contributed by atoms with E-state index in [0.717, 1.165) is 12.8 Å². The predicted molar refractivity (Wildman–Crippen MR) is 85.0 cm³/mol. The highest BCUT2D eigenvalue weighted by Crippen LogP contribution is 2.73. The van der Waals surface area contributed by atoms with Crippen molar-refractivity contribution in [2.45, 2.75) is 19.8 Å². The lowest BCUT2D eigenvalue weighted by molar-refractivity contribution is -0.132. The Morgan fingerprint density at radius 3 is 2.29 bits per heavy atom. The maximum atomic E-state index is 13.0. The molecule has 24 heavy (non-hydrogen) atoms. The van der Waals surface area contributed by atoms with Crippen molar-refractivity contribution in [3.05, 3.63) is 36.4 Å². The van der Waals surface area contributed by atoms with Crippen LogP contribution in [0.5, 0.6) is 5.75 Å². The molecular formula is C19H17NO4. The quantitative estimate of drug-likeness (QED) is 0.363. The molecule has 4 atom stereocenters. The Morgan fingerprint density at radius 1 is 1.12 bits per heavy atom. The van der Waals surface area contributed by atoms with Gasteiger partial charge in [0.25, 0.3) is 0 Å². The summed E-state index contributed by atoms with van der Waals surface area (Å²) in [5.74, 6) is -0.296. The van der Waals surface area contributed by atoms with Gasteiger partial charge in [-0.05, 0) is 42.2 Å². The molecule has 0 radical (unpaired) electrons. The van der Waals surface area contributed by atoms with Crippen LogP contribution in [0.3, 0.4) is 0 Å². The van der Waals surface area contributed by atoms with E-state index in [2.05, 4.69) is 12.2 Å². The molecule has 1 saturated heterocycles. The minimum Gasteiger partial charge on any atom is -0.427 e. The fraction of sp³-hybridized carbons (Fsp3) is 0.421. The summed E-state index contributed by atoms with van der Waals surface area (Å²) in [5, 5.41) is 0. The zero-order chi connectivity index (χ0) is 16.6. The van der Waals surface area contributed by atoms with Gasteiger partial charge in [-0.15, -0.1) is 0 Å². The summed E-state index contributed by atoms with van der Waals surface area (Å²) >= 11 is 0. The SMILES string of the molecule is CC(=O)Oc1cccc(N2C(=O)[C@@H]3[C@H](C2=O)[C@@H]2C=C[C@@H]3C23CC3)c1. The third kappa shape index (κ3) is 1.57. The summed E-state index contributed by atoms with van der Waals surface area (Å²) in [6.07, 6.45) is 6.57. The van der Waals surface area contributed by atoms with Gasteiger partial charge in [0.05, 0.1) is 17.5 Å². The standard InChI is InChI=1S/C19H17NO4/c1-10(21)24-12-4-2-3-11(9-12)20-17(22)15-13-5-6-14(16(15)18(20)23)19(13)7-8-19/h2-6,9,13-16H,7-8H2,1H3/t13-,14-,15-,16+/m0/s1. The van der Waals surface area contributed by atoms with E-state index in [0.29, 0.717) is 11.4 Å². The van der Waals surface area contributed by atoms with Crippen molar-refractivity contribution in [3.8, 4) is 5.75 Å². The molecule has 2 saturated carbocycles. The third-order valence-electron chi connectivity index (χ3n) is 6.19. The summed E-state index contributed by atoms with van der Waals surface area (Å²) in [7, 11) is 0. The first-order valence-electron chi connectivity index (χ1n) is 8.37. The number of imide groups is 1. The van der Waals surface area contributed by atoms with Gasteiger partial charge in [0.1, 0.15) is 5.75 Å². The van der Waals surface area contributed by atoms with Gasteiger partial charge in [-0.3, -0.25) is 14.4 Å². The Hall–Kier alpha value is -2.43. The van der Waals surface area contributed by atoms with Gasteiger partial charge in [0.15, 0.2) is 0 Å². The number of hydrogen-bond acceptors (Lipinski definition) is 4. The Labute approximate surface area is 139 Å². The van der Waals surface area contributed by atoms with Crippen LogP contribution in [0.15, 0.2) is 36.4 Å². The molecule has 0 N–H and O–H groups in total. The monoisotopic (exact) mass is 323 g/mol. The number of allylic oxidation sites excluding steroid dienone is 2. The van der Waals surface area contributed by atoms with Crippen LogP contribution in [0.2, 0.25) is 0 Å². The fourth-order valence-electron chi connectivity index (χ4n) is 5.18. The van der Waals surface area contributed by atoms with Crippen molar-refractivity contribution >= 4 is 23.5 Å². The van der Waals surface area contributed by atoms with Crippen LogP contribution >= 0.6 is 0 Å². The molecule has 3 aliphatic carbocycles. The molecule has 0 unspecified atom stereocenters. The van der Waals surface area contributed by atoms with E-state index in [1.54, 1.807) is 24.3 Å². The van der Waals surface area contributed by atoms with Crippen LogP contribution in [0, 0.1) is 29.1 Å². The maximum Gasteiger partial charge on any atom is 0.308 e. The number of anilines is 1. The van der Waals surface area contributed by atoms with E-state index in [1.165, 1.54) is 11.8 Å². The Morgan fingerprint density at radius 2 is 1.75 bits per heavy atom. The predicted octanol–water partition coefficient (Wildman–Crippen LogP) is 2.31. The average Bonchev–Trinajstić information content (AvgIpc) is 3.12. The molecule has 1 aromatic rings. The van der Waals surface area contributed by atoms with Crippen LogP contribution in [0.25, 0.3) is 0 Å². The number of carbonyl (C=O) groups is 3. The molecule has 1 aliphatic heterocycles. The lowest BCUT2D eigenvalue weighted by Gasteiger charge is -2.22. The maximum absolute atomic E-state index is 13.0. The van der Waals surface area contributed by atoms with Crippen molar-refractivity contribution in [1.29, 1.82) is 0 Å². The van der Waals surface area contributed by atoms with Crippen molar-refractivity contribution in [2.75, 3.05) is 4.90 Å². The number of rotatable bonds is 2. The molecule has 1 spiro atoms. The molecule has 3 fully saturated rings. The first-order chi connectivity index (χ1) is 11.5. The third-order valence-corrected chi connectivity index (χ3v) is 6.19. The van der Waals surface area contributed by atoms with Crippen molar-refractivity contribution in [3.63, 3.8) is 0 Å². The number of esters is 1. The normalized spacial score (nSPS) is 34.1. The van der Waals surface area contributed by atoms with Crippen molar-refractivity contribution in [2.24, 2.45) is 29.1 Å². The van der Waals surface area contributed by atoms with Gasteiger partial charge in [-0.25, -0.2) is 4.90 Å². The Bertz CT molecular complexity index is 788. The molecule has 2 amide bonds. The molecule has 4 aliphatic rings. The highest BCUT2D eigenvalue weighted by atomic mass is 16.5. The Kier molecular flexibility index (Phi) is 2.53. The highest BCUT2D eigenvalue weighted by Gasteiger charge is 2.73. The van der Waals surface area contributed by atoms with E-state index >= 15 is 0 Å². The summed E-state index contributed by atoms with van der Waals surface area (Å²) in [6, 6.07) is 6.63. The van der Waals surface area contributed by atoms with Gasteiger partial charge < -0.3 is 4.74 Å². The highest BCUT2D eigenvalue weighted by molar-refractivity contribution is 6.23. The van der Waals surface area contributed by atoms with Crippen LogP contribution < -0.4 is 9.64 Å². The van der Waals surface area contributed by atoms with E-state index in [9.17, 15) is 14.4 Å². The summed E-state index contributed by atoms with van der Waals surface area (Å²) in [4.78, 5) is 38.4. The number of amides is 2. The number of hydrogen-bond donors (Lipinski definition) is 0. The van der Waals surface area contributed by atoms with Crippen LogP contribution in [0.1, 0.15) is 19.8 Å². The van der Waals surface area contributed by atoms with Gasteiger partial charge in [-0.2, -0.15) is 0 Å². The first-order valence-corrected chi connectivity index (χ1v) is 8.37. The summed E-state index contributed by atoms with van der Waals surface area (Å²) in [6.45, 7) is 1.32. The molecule has 5 rings (SSSR count). The van der Waals surface area contributed by atoms with E-state index in [4.69, 9.17) is 4.74 Å². The second-order valence-corrected chi connectivity index (χ2v) is 7.32. The number of benzene rings is 1. The van der Waals surface area contributed by atoms with Crippen molar-refractivity contribution < 1.29 is 19.1 Å². The average molecular weight is 323 g/mol. The topological polar surface area (TPSA) is 63.7 Å².